The van der Waals surface area contributed by atoms with Crippen molar-refractivity contribution < 1.29 is 13.5 Å². The molecule has 0 unspecified atom stereocenters. The van der Waals surface area contributed by atoms with Crippen molar-refractivity contribution in [2.24, 2.45) is 0 Å². The normalized spacial score (nSPS) is 11.1. The summed E-state index contributed by atoms with van der Waals surface area (Å²) in [4.78, 5) is 8.81. The Hall–Kier alpha value is -3.34. The number of unbranched alkanes of at least 4 members (excludes halogenated alkanes) is 2. The van der Waals surface area contributed by atoms with Crippen LogP contribution >= 0.6 is 0 Å². The second-order valence-electron chi connectivity index (χ2n) is 7.90. The number of aromatic nitrogens is 2. The minimum absolute atomic E-state index is 0.215. The van der Waals surface area contributed by atoms with Crippen LogP contribution in [0.1, 0.15) is 37.3 Å². The van der Waals surface area contributed by atoms with Crippen molar-refractivity contribution in [1.29, 1.82) is 0 Å². The largest absolute Gasteiger partial charge is 0.490 e. The van der Waals surface area contributed by atoms with E-state index in [0.717, 1.165) is 35.8 Å². The van der Waals surface area contributed by atoms with E-state index in [9.17, 15) is 4.39 Å². The fourth-order valence-electron chi connectivity index (χ4n) is 3.68. The van der Waals surface area contributed by atoms with E-state index in [4.69, 9.17) is 4.74 Å². The van der Waals surface area contributed by atoms with Crippen molar-refractivity contribution >= 4 is 10.8 Å². The van der Waals surface area contributed by atoms with Gasteiger partial charge in [0.15, 0.2) is 11.6 Å². The topological polar surface area (TPSA) is 35.0 Å². The van der Waals surface area contributed by atoms with Crippen LogP contribution in [0.25, 0.3) is 22.2 Å². The first-order valence-electron chi connectivity index (χ1n) is 11.0. The van der Waals surface area contributed by atoms with Gasteiger partial charge in [0.2, 0.25) is 0 Å². The van der Waals surface area contributed by atoms with Gasteiger partial charge in [-0.25, -0.2) is 18.7 Å². The first-order chi connectivity index (χ1) is 15.6. The maximum Gasteiger partial charge on any atom is 0.159 e. The lowest BCUT2D eigenvalue weighted by atomic mass is 9.99. The summed E-state index contributed by atoms with van der Waals surface area (Å²) in [7, 11) is 0. The fraction of sp³-hybridized carbons (Fsp3) is 0.259. The standard InChI is InChI=1S/C27H26F2N2O/c1-2-3-4-15-32-24-17-30-27(31-18-24)22-11-14-25-21(16-22)10-9-20(26(25)29)8-5-19-6-12-23(28)13-7-19/h6-7,9-14,16-18H,2-5,8,15H2,1H3. The van der Waals surface area contributed by atoms with Gasteiger partial charge in [0.25, 0.3) is 0 Å². The van der Waals surface area contributed by atoms with E-state index in [1.165, 1.54) is 12.1 Å². The molecule has 0 aliphatic rings. The Morgan fingerprint density at radius 2 is 1.62 bits per heavy atom. The number of benzene rings is 3. The van der Waals surface area contributed by atoms with Gasteiger partial charge in [-0.2, -0.15) is 0 Å². The number of rotatable bonds is 9. The molecule has 0 atom stereocenters. The van der Waals surface area contributed by atoms with Gasteiger partial charge in [0.05, 0.1) is 19.0 Å². The molecule has 5 heteroatoms. The molecular formula is C27H26F2N2O. The second kappa shape index (κ2) is 10.3. The number of hydrogen-bond donors (Lipinski definition) is 0. The molecule has 1 heterocycles. The molecule has 3 aromatic carbocycles. The molecule has 4 aromatic rings. The van der Waals surface area contributed by atoms with Crippen LogP contribution in [-0.4, -0.2) is 16.6 Å². The van der Waals surface area contributed by atoms with Gasteiger partial charge in [-0.05, 0) is 54.0 Å². The zero-order valence-electron chi connectivity index (χ0n) is 18.2. The molecule has 0 saturated carbocycles. The van der Waals surface area contributed by atoms with Gasteiger partial charge >= 0.3 is 0 Å². The smallest absolute Gasteiger partial charge is 0.159 e. The molecule has 32 heavy (non-hydrogen) atoms. The predicted octanol–water partition coefficient (Wildman–Crippen LogP) is 6.93. The number of hydrogen-bond acceptors (Lipinski definition) is 3. The van der Waals surface area contributed by atoms with Gasteiger partial charge < -0.3 is 4.74 Å². The van der Waals surface area contributed by atoms with Gasteiger partial charge in [-0.3, -0.25) is 0 Å². The van der Waals surface area contributed by atoms with Crippen molar-refractivity contribution in [2.45, 2.75) is 39.0 Å². The molecule has 0 saturated heterocycles. The minimum Gasteiger partial charge on any atom is -0.490 e. The SMILES string of the molecule is CCCCCOc1cnc(-c2ccc3c(F)c(CCc4ccc(F)cc4)ccc3c2)nc1. The zero-order chi connectivity index (χ0) is 22.3. The molecule has 0 aliphatic carbocycles. The number of aryl methyl sites for hydroxylation is 2. The summed E-state index contributed by atoms with van der Waals surface area (Å²) in [6, 6.07) is 15.6. The van der Waals surface area contributed by atoms with Crippen LogP contribution in [0.4, 0.5) is 8.78 Å². The highest BCUT2D eigenvalue weighted by Gasteiger charge is 2.10. The monoisotopic (exact) mass is 432 g/mol. The van der Waals surface area contributed by atoms with Crippen molar-refractivity contribution in [1.82, 2.24) is 9.97 Å². The van der Waals surface area contributed by atoms with Crippen molar-refractivity contribution in [3.8, 4) is 17.1 Å². The molecule has 0 fully saturated rings. The molecule has 0 spiro atoms. The van der Waals surface area contributed by atoms with Crippen LogP contribution in [0.2, 0.25) is 0 Å². The third-order valence-corrected chi connectivity index (χ3v) is 5.53. The molecule has 3 nitrogen and oxygen atoms in total. The van der Waals surface area contributed by atoms with Gasteiger partial charge in [-0.1, -0.05) is 56.2 Å². The highest BCUT2D eigenvalue weighted by molar-refractivity contribution is 5.87. The molecule has 4 rings (SSSR count). The quantitative estimate of drug-likeness (QED) is 0.269. The van der Waals surface area contributed by atoms with E-state index in [2.05, 4.69) is 16.9 Å². The van der Waals surface area contributed by atoms with Gasteiger partial charge in [-0.15, -0.1) is 0 Å². The Labute approximate surface area is 187 Å². The Morgan fingerprint density at radius 3 is 2.38 bits per heavy atom. The highest BCUT2D eigenvalue weighted by Crippen LogP contribution is 2.27. The number of nitrogens with zero attached hydrogens (tertiary/aromatic N) is 2. The van der Waals surface area contributed by atoms with Crippen LogP contribution in [-0.2, 0) is 12.8 Å². The first-order valence-corrected chi connectivity index (χ1v) is 11.0. The lowest BCUT2D eigenvalue weighted by Gasteiger charge is -2.09. The van der Waals surface area contributed by atoms with Crippen LogP contribution in [0.5, 0.6) is 5.75 Å². The van der Waals surface area contributed by atoms with Crippen LogP contribution in [0.3, 0.4) is 0 Å². The van der Waals surface area contributed by atoms with E-state index in [1.54, 1.807) is 30.6 Å². The minimum atomic E-state index is -0.264. The highest BCUT2D eigenvalue weighted by atomic mass is 19.1. The molecule has 0 amide bonds. The molecule has 0 N–H and O–H groups in total. The van der Waals surface area contributed by atoms with Crippen LogP contribution in [0, 0.1) is 11.6 Å². The summed E-state index contributed by atoms with van der Waals surface area (Å²) in [5, 5.41) is 1.37. The maximum atomic E-state index is 15.1. The Balaban J connectivity index is 1.47. The Morgan fingerprint density at radius 1 is 0.844 bits per heavy atom. The fourth-order valence-corrected chi connectivity index (χ4v) is 3.68. The average molecular weight is 433 g/mol. The summed E-state index contributed by atoms with van der Waals surface area (Å²) < 4.78 is 33.8. The van der Waals surface area contributed by atoms with Crippen molar-refractivity contribution in [3.05, 3.63) is 89.8 Å². The lowest BCUT2D eigenvalue weighted by Crippen LogP contribution is -1.99. The summed E-state index contributed by atoms with van der Waals surface area (Å²) in [5.74, 6) is 0.753. The van der Waals surface area contributed by atoms with Crippen LogP contribution < -0.4 is 4.74 Å². The summed E-state index contributed by atoms with van der Waals surface area (Å²) in [5.41, 5.74) is 2.46. The van der Waals surface area contributed by atoms with Gasteiger partial charge in [0.1, 0.15) is 11.6 Å². The van der Waals surface area contributed by atoms with E-state index in [-0.39, 0.29) is 11.6 Å². The van der Waals surface area contributed by atoms with E-state index in [0.29, 0.717) is 42.0 Å². The maximum absolute atomic E-state index is 15.1. The number of fused-ring (bicyclic) bond motifs is 1. The summed E-state index contributed by atoms with van der Waals surface area (Å²) in [6.07, 6.45) is 7.87. The first kappa shape index (κ1) is 21.9. The molecule has 0 bridgehead atoms. The van der Waals surface area contributed by atoms with Crippen molar-refractivity contribution in [2.75, 3.05) is 6.61 Å². The summed E-state index contributed by atoms with van der Waals surface area (Å²) >= 11 is 0. The Bertz CT molecular complexity index is 1170. The Kier molecular flexibility index (Phi) is 7.05. The van der Waals surface area contributed by atoms with Gasteiger partial charge in [0, 0.05) is 10.9 Å². The average Bonchev–Trinajstić information content (AvgIpc) is 2.83. The predicted molar refractivity (Wildman–Crippen MR) is 124 cm³/mol. The molecule has 1 aromatic heterocycles. The second-order valence-corrected chi connectivity index (χ2v) is 7.90. The zero-order valence-corrected chi connectivity index (χ0v) is 18.2. The lowest BCUT2D eigenvalue weighted by molar-refractivity contribution is 0.304. The van der Waals surface area contributed by atoms with E-state index >= 15 is 4.39 Å². The molecule has 164 valence electrons. The number of halogens is 2. The van der Waals surface area contributed by atoms with E-state index < -0.39 is 0 Å². The third-order valence-electron chi connectivity index (χ3n) is 5.53. The number of ether oxygens (including phenoxy) is 1. The molecule has 0 aliphatic heterocycles. The van der Waals surface area contributed by atoms with Crippen molar-refractivity contribution in [3.63, 3.8) is 0 Å². The third kappa shape index (κ3) is 5.28. The molecular weight excluding hydrogens is 406 g/mol. The summed E-state index contributed by atoms with van der Waals surface area (Å²) in [6.45, 7) is 2.82. The van der Waals surface area contributed by atoms with Crippen LogP contribution in [0.15, 0.2) is 67.0 Å². The van der Waals surface area contributed by atoms with E-state index in [1.807, 2.05) is 24.3 Å². The molecule has 0 radical (unpaired) electrons.